The maximum atomic E-state index is 11.9. The highest BCUT2D eigenvalue weighted by Gasteiger charge is 2.34. The number of carbonyl (C=O) groups is 2. The van der Waals surface area contributed by atoms with Gasteiger partial charge in [0.2, 0.25) is 5.91 Å². The molecule has 0 aromatic rings. The zero-order chi connectivity index (χ0) is 13.6. The van der Waals surface area contributed by atoms with Crippen LogP contribution in [-0.2, 0) is 9.59 Å². The van der Waals surface area contributed by atoms with E-state index in [4.69, 9.17) is 0 Å². The first-order valence-electron chi connectivity index (χ1n) is 7.02. The number of nitrogens with one attached hydrogen (secondary N) is 1. The van der Waals surface area contributed by atoms with Crippen molar-refractivity contribution >= 4 is 11.9 Å². The summed E-state index contributed by atoms with van der Waals surface area (Å²) in [5.74, 6) is -0.611. The Hall–Kier alpha value is -1.06. The summed E-state index contributed by atoms with van der Waals surface area (Å²) in [7, 11) is 0. The Morgan fingerprint density at radius 1 is 1.28 bits per heavy atom. The quantitative estimate of drug-likeness (QED) is 0.767. The van der Waals surface area contributed by atoms with Crippen LogP contribution in [0.4, 0.5) is 0 Å². The molecule has 0 aromatic carbocycles. The third-order valence-corrected chi connectivity index (χ3v) is 3.84. The molecule has 1 atom stereocenters. The summed E-state index contributed by atoms with van der Waals surface area (Å²) in [6.07, 6.45) is 7.56. The van der Waals surface area contributed by atoms with E-state index < -0.39 is 11.5 Å². The Bertz CT molecular complexity index is 297. The molecule has 1 fully saturated rings. The fourth-order valence-electron chi connectivity index (χ4n) is 2.74. The summed E-state index contributed by atoms with van der Waals surface area (Å²) in [6, 6.07) is 0. The molecule has 1 aliphatic carbocycles. The lowest BCUT2D eigenvalue weighted by atomic mass is 9.86. The van der Waals surface area contributed by atoms with Crippen LogP contribution in [0.3, 0.4) is 0 Å². The van der Waals surface area contributed by atoms with Gasteiger partial charge >= 0.3 is 5.97 Å². The van der Waals surface area contributed by atoms with Crippen molar-refractivity contribution in [3.63, 3.8) is 0 Å². The number of aliphatic carboxylic acids is 1. The van der Waals surface area contributed by atoms with Crippen LogP contribution < -0.4 is 5.32 Å². The van der Waals surface area contributed by atoms with Gasteiger partial charge in [-0.15, -0.1) is 0 Å². The number of rotatable bonds is 6. The van der Waals surface area contributed by atoms with Gasteiger partial charge in [0.05, 0.1) is 0 Å². The molecule has 0 spiro atoms. The van der Waals surface area contributed by atoms with Gasteiger partial charge in [-0.25, -0.2) is 4.79 Å². The largest absolute Gasteiger partial charge is 0.480 e. The molecule has 18 heavy (non-hydrogen) atoms. The number of carbonyl (C=O) groups excluding carboxylic acids is 1. The molecule has 1 rings (SSSR count). The van der Waals surface area contributed by atoms with Crippen LogP contribution in [-0.4, -0.2) is 22.5 Å². The lowest BCUT2D eigenvalue weighted by Crippen LogP contribution is -2.52. The predicted octanol–water partition coefficient (Wildman–Crippen LogP) is 2.72. The van der Waals surface area contributed by atoms with E-state index in [-0.39, 0.29) is 5.91 Å². The van der Waals surface area contributed by atoms with Gasteiger partial charge in [-0.05, 0) is 32.1 Å². The maximum absolute atomic E-state index is 11.9. The van der Waals surface area contributed by atoms with Crippen LogP contribution in [0.5, 0.6) is 0 Å². The molecule has 0 heterocycles. The summed E-state index contributed by atoms with van der Waals surface area (Å²) in [4.78, 5) is 23.2. The van der Waals surface area contributed by atoms with E-state index in [1.54, 1.807) is 6.92 Å². The summed E-state index contributed by atoms with van der Waals surface area (Å²) < 4.78 is 0. The van der Waals surface area contributed by atoms with Crippen LogP contribution in [0, 0.1) is 5.92 Å². The van der Waals surface area contributed by atoms with E-state index in [2.05, 4.69) is 5.32 Å². The number of hydrogen-bond donors (Lipinski definition) is 2. The second-order valence-corrected chi connectivity index (χ2v) is 5.64. The molecule has 1 saturated carbocycles. The molecule has 0 saturated heterocycles. The first-order chi connectivity index (χ1) is 8.48. The highest BCUT2D eigenvalue weighted by atomic mass is 16.4. The molecule has 4 nitrogen and oxygen atoms in total. The molecule has 2 N–H and O–H groups in total. The van der Waals surface area contributed by atoms with E-state index in [0.29, 0.717) is 18.8 Å². The average molecular weight is 255 g/mol. The van der Waals surface area contributed by atoms with Gasteiger partial charge in [0, 0.05) is 6.42 Å². The Morgan fingerprint density at radius 2 is 1.89 bits per heavy atom. The lowest BCUT2D eigenvalue weighted by molar-refractivity contribution is -0.147. The summed E-state index contributed by atoms with van der Waals surface area (Å²) in [5, 5.41) is 11.9. The number of amides is 1. The lowest BCUT2D eigenvalue weighted by Gasteiger charge is -2.28. The minimum absolute atomic E-state index is 0.111. The van der Waals surface area contributed by atoms with Gasteiger partial charge in [0.15, 0.2) is 0 Å². The molecular formula is C14H25NO3. The maximum Gasteiger partial charge on any atom is 0.329 e. The highest BCUT2D eigenvalue weighted by Crippen LogP contribution is 2.26. The molecule has 0 aliphatic heterocycles. The minimum atomic E-state index is -1.11. The Kier molecular flexibility index (Phi) is 5.63. The molecule has 0 radical (unpaired) electrons. The molecule has 0 bridgehead atoms. The first-order valence-corrected chi connectivity index (χ1v) is 7.02. The second-order valence-electron chi connectivity index (χ2n) is 5.64. The van der Waals surface area contributed by atoms with Crippen LogP contribution in [0.1, 0.15) is 65.2 Å². The summed E-state index contributed by atoms with van der Waals surface area (Å²) in [6.45, 7) is 3.52. The van der Waals surface area contributed by atoms with Crippen molar-refractivity contribution in [3.8, 4) is 0 Å². The Balaban J connectivity index is 2.48. The van der Waals surface area contributed by atoms with Gasteiger partial charge < -0.3 is 10.4 Å². The Morgan fingerprint density at radius 3 is 2.39 bits per heavy atom. The molecule has 1 aliphatic rings. The Labute approximate surface area is 109 Å². The van der Waals surface area contributed by atoms with Crippen LogP contribution >= 0.6 is 0 Å². The van der Waals surface area contributed by atoms with Crippen LogP contribution in [0.15, 0.2) is 0 Å². The number of hydrogen-bond acceptors (Lipinski definition) is 2. The third-order valence-electron chi connectivity index (χ3n) is 3.84. The topological polar surface area (TPSA) is 66.4 Å². The molecule has 4 heteroatoms. The first kappa shape index (κ1) is 15.0. The van der Waals surface area contributed by atoms with Gasteiger partial charge in [0.25, 0.3) is 0 Å². The SMILES string of the molecule is CCCC(C)(NC(=O)CC1CCCCC1)C(=O)O. The molecule has 104 valence electrons. The predicted molar refractivity (Wildman–Crippen MR) is 70.3 cm³/mol. The van der Waals surface area contributed by atoms with Crippen molar-refractivity contribution in [1.82, 2.24) is 5.32 Å². The zero-order valence-corrected chi connectivity index (χ0v) is 11.5. The standard InChI is InChI=1S/C14H25NO3/c1-3-9-14(2,13(17)18)15-12(16)10-11-7-5-4-6-8-11/h11H,3-10H2,1-2H3,(H,15,16)(H,17,18). The van der Waals surface area contributed by atoms with Crippen molar-refractivity contribution < 1.29 is 14.7 Å². The van der Waals surface area contributed by atoms with E-state index in [0.717, 1.165) is 19.3 Å². The summed E-state index contributed by atoms with van der Waals surface area (Å²) >= 11 is 0. The fraction of sp³-hybridized carbons (Fsp3) is 0.857. The van der Waals surface area contributed by atoms with Crippen LogP contribution in [0.25, 0.3) is 0 Å². The second kappa shape index (κ2) is 6.76. The fourth-order valence-corrected chi connectivity index (χ4v) is 2.74. The summed E-state index contributed by atoms with van der Waals surface area (Å²) in [5.41, 5.74) is -1.11. The van der Waals surface area contributed by atoms with E-state index in [9.17, 15) is 14.7 Å². The monoisotopic (exact) mass is 255 g/mol. The van der Waals surface area contributed by atoms with Crippen molar-refractivity contribution in [2.75, 3.05) is 0 Å². The van der Waals surface area contributed by atoms with E-state index in [1.165, 1.54) is 19.3 Å². The number of carboxylic acid groups (broad SMARTS) is 1. The zero-order valence-electron chi connectivity index (χ0n) is 11.5. The molecule has 0 aromatic heterocycles. The molecular weight excluding hydrogens is 230 g/mol. The van der Waals surface area contributed by atoms with Gasteiger partial charge in [0.1, 0.15) is 5.54 Å². The number of carboxylic acids is 1. The van der Waals surface area contributed by atoms with E-state index >= 15 is 0 Å². The third kappa shape index (κ3) is 4.31. The van der Waals surface area contributed by atoms with Crippen molar-refractivity contribution in [1.29, 1.82) is 0 Å². The van der Waals surface area contributed by atoms with Crippen LogP contribution in [0.2, 0.25) is 0 Å². The molecule has 1 amide bonds. The van der Waals surface area contributed by atoms with Crippen molar-refractivity contribution in [2.45, 2.75) is 70.8 Å². The van der Waals surface area contributed by atoms with Gasteiger partial charge in [-0.2, -0.15) is 0 Å². The molecule has 1 unspecified atom stereocenters. The van der Waals surface area contributed by atoms with E-state index in [1.807, 2.05) is 6.92 Å². The minimum Gasteiger partial charge on any atom is -0.480 e. The van der Waals surface area contributed by atoms with Crippen molar-refractivity contribution in [2.24, 2.45) is 5.92 Å². The normalized spacial score (nSPS) is 20.1. The smallest absolute Gasteiger partial charge is 0.329 e. The highest BCUT2D eigenvalue weighted by molar-refractivity contribution is 5.86. The average Bonchev–Trinajstić information content (AvgIpc) is 2.30. The van der Waals surface area contributed by atoms with Gasteiger partial charge in [-0.3, -0.25) is 4.79 Å². The van der Waals surface area contributed by atoms with Gasteiger partial charge in [-0.1, -0.05) is 32.6 Å². The van der Waals surface area contributed by atoms with Crippen molar-refractivity contribution in [3.05, 3.63) is 0 Å².